The predicted octanol–water partition coefficient (Wildman–Crippen LogP) is 3.85. The summed E-state index contributed by atoms with van der Waals surface area (Å²) in [5.74, 6) is -1.18. The van der Waals surface area contributed by atoms with Gasteiger partial charge in [0.2, 0.25) is 0 Å². The maximum atomic E-state index is 12.4. The Morgan fingerprint density at radius 2 is 1.03 bits per heavy atom. The van der Waals surface area contributed by atoms with Crippen LogP contribution in [0.5, 0.6) is 11.5 Å². The zero-order valence-electron chi connectivity index (χ0n) is 23.5. The molecular formula is C26H40N2O10. The van der Waals surface area contributed by atoms with Crippen LogP contribution < -0.4 is 20.1 Å². The summed E-state index contributed by atoms with van der Waals surface area (Å²) in [5, 5.41) is 5.24. The second-order valence-corrected chi connectivity index (χ2v) is 10.1. The van der Waals surface area contributed by atoms with Gasteiger partial charge in [-0.25, -0.2) is 19.2 Å². The fourth-order valence-corrected chi connectivity index (χ4v) is 2.86. The fourth-order valence-electron chi connectivity index (χ4n) is 2.86. The minimum absolute atomic E-state index is 0.00643. The summed E-state index contributed by atoms with van der Waals surface area (Å²) in [6, 6.07) is 2.68. The van der Waals surface area contributed by atoms with Crippen molar-refractivity contribution in [3.05, 3.63) is 23.3 Å². The van der Waals surface area contributed by atoms with Crippen LogP contribution in [0.15, 0.2) is 12.1 Å². The van der Waals surface area contributed by atoms with Crippen LogP contribution in [0.2, 0.25) is 0 Å². The van der Waals surface area contributed by atoms with Crippen LogP contribution in [0.1, 0.15) is 75.1 Å². The van der Waals surface area contributed by atoms with Gasteiger partial charge in [0.1, 0.15) is 33.8 Å². The molecule has 0 unspecified atom stereocenters. The highest BCUT2D eigenvalue weighted by Gasteiger charge is 2.23. The lowest BCUT2D eigenvalue weighted by Gasteiger charge is -2.20. The van der Waals surface area contributed by atoms with Crippen LogP contribution in [0, 0.1) is 0 Å². The molecule has 214 valence electrons. The highest BCUT2D eigenvalue weighted by atomic mass is 16.6. The number of ether oxygens (including phenoxy) is 6. The average molecular weight is 541 g/mol. The highest BCUT2D eigenvalue weighted by molar-refractivity contribution is 5.99. The van der Waals surface area contributed by atoms with Crippen LogP contribution in [0.3, 0.4) is 0 Å². The molecule has 0 fully saturated rings. The summed E-state index contributed by atoms with van der Waals surface area (Å²) in [5.41, 5.74) is -1.21. The molecule has 1 aromatic rings. The number of benzene rings is 1. The van der Waals surface area contributed by atoms with Crippen molar-refractivity contribution in [2.75, 3.05) is 40.5 Å². The molecule has 0 saturated carbocycles. The molecule has 0 aliphatic rings. The first-order valence-corrected chi connectivity index (χ1v) is 12.2. The number of esters is 2. The lowest BCUT2D eigenvalue weighted by molar-refractivity contribution is 0.0513. The molecule has 2 amide bonds. The Balaban J connectivity index is 2.86. The molecular weight excluding hydrogens is 500 g/mol. The molecule has 0 aliphatic heterocycles. The molecule has 0 aliphatic carbocycles. The molecule has 12 nitrogen and oxygen atoms in total. The van der Waals surface area contributed by atoms with Gasteiger partial charge in [0.25, 0.3) is 0 Å². The summed E-state index contributed by atoms with van der Waals surface area (Å²) in [6.07, 6.45) is -0.282. The summed E-state index contributed by atoms with van der Waals surface area (Å²) >= 11 is 0. The highest BCUT2D eigenvalue weighted by Crippen LogP contribution is 2.31. The number of methoxy groups -OCH3 is 2. The lowest BCUT2D eigenvalue weighted by Crippen LogP contribution is -2.33. The number of rotatable bonds is 12. The molecule has 1 rings (SSSR count). The molecule has 0 atom stereocenters. The van der Waals surface area contributed by atoms with E-state index in [0.717, 1.165) is 0 Å². The zero-order chi connectivity index (χ0) is 28.9. The van der Waals surface area contributed by atoms with Gasteiger partial charge in [-0.05, 0) is 60.5 Å². The molecule has 1 aromatic carbocycles. The standard InChI is InChI=1S/C26H40N2O10/c1-25(2,3)37-23(31)27-11-9-13-35-19-16-20(18(22(30)34-8)15-17(19)21(29)33-7)36-14-10-12-28-24(32)38-26(4,5)6/h15-16H,9-14H2,1-8H3,(H,27,31)(H,28,32). The molecule has 12 heteroatoms. The van der Waals surface area contributed by atoms with Crippen molar-refractivity contribution in [3.63, 3.8) is 0 Å². The van der Waals surface area contributed by atoms with Crippen molar-refractivity contribution >= 4 is 24.1 Å². The summed E-state index contributed by atoms with van der Waals surface area (Å²) < 4.78 is 31.5. The Bertz CT molecular complexity index is 891. The van der Waals surface area contributed by atoms with E-state index >= 15 is 0 Å². The van der Waals surface area contributed by atoms with Crippen molar-refractivity contribution < 1.29 is 47.6 Å². The molecule has 0 saturated heterocycles. The third-order valence-corrected chi connectivity index (χ3v) is 4.39. The minimum Gasteiger partial charge on any atom is -0.492 e. The predicted molar refractivity (Wildman–Crippen MR) is 138 cm³/mol. The van der Waals surface area contributed by atoms with Gasteiger partial charge in [0.05, 0.1) is 27.4 Å². The number of hydrogen-bond donors (Lipinski definition) is 2. The van der Waals surface area contributed by atoms with E-state index in [4.69, 9.17) is 28.4 Å². The van der Waals surface area contributed by atoms with Crippen molar-refractivity contribution in [1.82, 2.24) is 10.6 Å². The van der Waals surface area contributed by atoms with Crippen LogP contribution >= 0.6 is 0 Å². The maximum Gasteiger partial charge on any atom is 0.407 e. The third-order valence-electron chi connectivity index (χ3n) is 4.39. The first-order chi connectivity index (χ1) is 17.7. The zero-order valence-corrected chi connectivity index (χ0v) is 23.5. The Morgan fingerprint density at radius 3 is 1.34 bits per heavy atom. The normalized spacial score (nSPS) is 11.2. The van der Waals surface area contributed by atoms with E-state index in [0.29, 0.717) is 12.8 Å². The Hall–Kier alpha value is -3.70. The summed E-state index contributed by atoms with van der Waals surface area (Å²) in [4.78, 5) is 48.3. The van der Waals surface area contributed by atoms with E-state index in [1.807, 2.05) is 0 Å². The van der Waals surface area contributed by atoms with Crippen molar-refractivity contribution in [2.24, 2.45) is 0 Å². The molecule has 0 radical (unpaired) electrons. The molecule has 0 aromatic heterocycles. The van der Waals surface area contributed by atoms with E-state index in [1.165, 1.54) is 26.4 Å². The van der Waals surface area contributed by atoms with Gasteiger partial charge in [-0.3, -0.25) is 0 Å². The van der Waals surface area contributed by atoms with Crippen molar-refractivity contribution in [2.45, 2.75) is 65.6 Å². The number of carbonyl (C=O) groups excluding carboxylic acids is 4. The van der Waals surface area contributed by atoms with Gasteiger partial charge in [-0.2, -0.15) is 0 Å². The first kappa shape index (κ1) is 32.3. The third kappa shape index (κ3) is 12.5. The Kier molecular flexibility index (Phi) is 12.7. The second-order valence-electron chi connectivity index (χ2n) is 10.1. The van der Waals surface area contributed by atoms with Gasteiger partial charge in [0.15, 0.2) is 0 Å². The molecule has 0 heterocycles. The quantitative estimate of drug-likeness (QED) is 0.227. The van der Waals surface area contributed by atoms with Gasteiger partial charge in [-0.15, -0.1) is 0 Å². The van der Waals surface area contributed by atoms with E-state index in [9.17, 15) is 19.2 Å². The van der Waals surface area contributed by atoms with Crippen molar-refractivity contribution in [1.29, 1.82) is 0 Å². The number of carbonyl (C=O) groups is 4. The molecule has 38 heavy (non-hydrogen) atoms. The van der Waals surface area contributed by atoms with Crippen LogP contribution in [0.25, 0.3) is 0 Å². The van der Waals surface area contributed by atoms with Gasteiger partial charge >= 0.3 is 24.1 Å². The summed E-state index contributed by atoms with van der Waals surface area (Å²) in [7, 11) is 2.41. The summed E-state index contributed by atoms with van der Waals surface area (Å²) in [6.45, 7) is 11.4. The van der Waals surface area contributed by atoms with E-state index in [1.54, 1.807) is 41.5 Å². The lowest BCUT2D eigenvalue weighted by atomic mass is 10.1. The molecule has 2 N–H and O–H groups in total. The van der Waals surface area contributed by atoms with Gasteiger partial charge < -0.3 is 39.1 Å². The SMILES string of the molecule is COC(=O)c1cc(C(=O)OC)c(OCCCNC(=O)OC(C)(C)C)cc1OCCCNC(=O)OC(C)(C)C. The Morgan fingerprint density at radius 1 is 0.658 bits per heavy atom. The number of amides is 2. The number of hydrogen-bond acceptors (Lipinski definition) is 10. The van der Waals surface area contributed by atoms with E-state index in [-0.39, 0.29) is 48.9 Å². The monoisotopic (exact) mass is 540 g/mol. The number of alkyl carbamates (subject to hydrolysis) is 2. The maximum absolute atomic E-state index is 12.4. The first-order valence-electron chi connectivity index (χ1n) is 12.2. The topological polar surface area (TPSA) is 148 Å². The number of nitrogens with one attached hydrogen (secondary N) is 2. The van der Waals surface area contributed by atoms with Crippen LogP contribution in [-0.4, -0.2) is 75.9 Å². The molecule has 0 spiro atoms. The fraction of sp³-hybridized carbons (Fsp3) is 0.615. The van der Waals surface area contributed by atoms with E-state index < -0.39 is 35.3 Å². The smallest absolute Gasteiger partial charge is 0.407 e. The van der Waals surface area contributed by atoms with Crippen LogP contribution in [-0.2, 0) is 18.9 Å². The van der Waals surface area contributed by atoms with Crippen LogP contribution in [0.4, 0.5) is 9.59 Å². The second kappa shape index (κ2) is 14.9. The Labute approximate surface area is 223 Å². The van der Waals surface area contributed by atoms with Crippen molar-refractivity contribution in [3.8, 4) is 11.5 Å². The largest absolute Gasteiger partial charge is 0.492 e. The van der Waals surface area contributed by atoms with Gasteiger partial charge in [0, 0.05) is 19.2 Å². The minimum atomic E-state index is -0.717. The van der Waals surface area contributed by atoms with E-state index in [2.05, 4.69) is 10.6 Å². The van der Waals surface area contributed by atoms with Gasteiger partial charge in [-0.1, -0.05) is 0 Å². The average Bonchev–Trinajstić information content (AvgIpc) is 2.80. The molecule has 0 bridgehead atoms.